The van der Waals surface area contributed by atoms with E-state index in [0.29, 0.717) is 35.3 Å². The highest BCUT2D eigenvalue weighted by Crippen LogP contribution is 2.36. The van der Waals surface area contributed by atoms with Crippen LogP contribution in [0.25, 0.3) is 10.6 Å². The second-order valence-corrected chi connectivity index (χ2v) is 10.0. The molecule has 210 valence electrons. The van der Waals surface area contributed by atoms with Crippen molar-refractivity contribution in [3.05, 3.63) is 82.4 Å². The van der Waals surface area contributed by atoms with E-state index in [-0.39, 0.29) is 17.9 Å². The Morgan fingerprint density at radius 3 is 2.35 bits per heavy atom. The van der Waals surface area contributed by atoms with Crippen LogP contribution in [0.15, 0.2) is 60.1 Å². The number of aromatic nitrogens is 2. The normalized spacial score (nSPS) is 10.8. The Bertz CT molecular complexity index is 1410. The lowest BCUT2D eigenvalue weighted by molar-refractivity contribution is 0.0691. The molecule has 0 amide bonds. The van der Waals surface area contributed by atoms with Gasteiger partial charge in [-0.25, -0.2) is 4.79 Å². The molecule has 0 spiro atoms. The highest BCUT2D eigenvalue weighted by atomic mass is 32.1. The lowest BCUT2D eigenvalue weighted by Crippen LogP contribution is -2.08. The summed E-state index contributed by atoms with van der Waals surface area (Å²) >= 11 is 1.38. The molecule has 1 heterocycles. The molecule has 0 atom stereocenters. The van der Waals surface area contributed by atoms with Gasteiger partial charge < -0.3 is 24.4 Å². The molecule has 0 bridgehead atoms. The number of hydrogen-bond donors (Lipinski definition) is 2. The van der Waals surface area contributed by atoms with Crippen LogP contribution in [-0.4, -0.2) is 39.6 Å². The molecule has 0 saturated carbocycles. The first kappa shape index (κ1) is 28.9. The fourth-order valence-electron chi connectivity index (χ4n) is 4.39. The number of phenolic OH excluding ortho intramolecular Hbond substituents is 1. The van der Waals surface area contributed by atoms with E-state index < -0.39 is 5.97 Å². The SMILES string of the molecule is CCCc1c(COc2ccccc2C(=O)O)cccc1OCCCCOc1cc(O)c(-c2nncs2)cc1CC. The van der Waals surface area contributed by atoms with E-state index in [2.05, 4.69) is 24.0 Å². The molecular weight excluding hydrogens is 528 g/mol. The third-order valence-corrected chi connectivity index (χ3v) is 7.16. The van der Waals surface area contributed by atoms with E-state index in [4.69, 9.17) is 14.2 Å². The minimum absolute atomic E-state index is 0.131. The second-order valence-electron chi connectivity index (χ2n) is 9.21. The standard InChI is InChI=1S/C31H34N2O6S/c1-3-10-23-22(19-39-28-13-6-5-12-24(28)31(35)36)11-9-14-27(23)37-15-7-8-16-38-29-18-26(34)25(17-21(29)4-2)30-33-32-20-40-30/h5-6,9,11-14,17-18,20,34H,3-4,7-8,10,15-16,19H2,1-2H3,(H,35,36). The summed E-state index contributed by atoms with van der Waals surface area (Å²) in [5, 5.41) is 28.5. The Hall–Kier alpha value is -4.11. The number of benzene rings is 3. The van der Waals surface area contributed by atoms with Gasteiger partial charge in [0.1, 0.15) is 40.7 Å². The Balaban J connectivity index is 1.31. The molecule has 0 fully saturated rings. The molecule has 0 saturated heterocycles. The molecule has 4 aromatic rings. The summed E-state index contributed by atoms with van der Waals surface area (Å²) in [6.07, 6.45) is 4.13. The zero-order valence-electron chi connectivity index (χ0n) is 22.8. The molecule has 8 nitrogen and oxygen atoms in total. The van der Waals surface area contributed by atoms with Gasteiger partial charge in [-0.15, -0.1) is 10.2 Å². The zero-order chi connectivity index (χ0) is 28.3. The lowest BCUT2D eigenvalue weighted by Gasteiger charge is -2.17. The van der Waals surface area contributed by atoms with Gasteiger partial charge in [0.25, 0.3) is 0 Å². The van der Waals surface area contributed by atoms with Crippen molar-refractivity contribution in [3.8, 4) is 33.6 Å². The first-order chi connectivity index (χ1) is 19.5. The second kappa shape index (κ2) is 14.3. The largest absolute Gasteiger partial charge is 0.507 e. The van der Waals surface area contributed by atoms with Crippen molar-refractivity contribution in [1.82, 2.24) is 10.2 Å². The molecule has 3 aromatic carbocycles. The van der Waals surface area contributed by atoms with Gasteiger partial charge in [0.2, 0.25) is 0 Å². The topological polar surface area (TPSA) is 111 Å². The smallest absolute Gasteiger partial charge is 0.339 e. The van der Waals surface area contributed by atoms with Crippen LogP contribution in [0.1, 0.15) is 60.2 Å². The number of rotatable bonds is 15. The fourth-order valence-corrected chi connectivity index (χ4v) is 4.97. The Morgan fingerprint density at radius 2 is 1.65 bits per heavy atom. The molecule has 0 aliphatic carbocycles. The number of carboxylic acid groups (broad SMARTS) is 1. The molecule has 0 aliphatic heterocycles. The molecule has 0 aliphatic rings. The summed E-state index contributed by atoms with van der Waals surface area (Å²) in [4.78, 5) is 11.5. The van der Waals surface area contributed by atoms with Gasteiger partial charge in [0, 0.05) is 11.6 Å². The van der Waals surface area contributed by atoms with E-state index in [1.165, 1.54) is 17.4 Å². The summed E-state index contributed by atoms with van der Waals surface area (Å²) in [5.41, 5.74) is 5.52. The lowest BCUT2D eigenvalue weighted by atomic mass is 10.0. The van der Waals surface area contributed by atoms with Crippen LogP contribution in [-0.2, 0) is 19.4 Å². The van der Waals surface area contributed by atoms with Gasteiger partial charge in [-0.2, -0.15) is 0 Å². The van der Waals surface area contributed by atoms with Crippen molar-refractivity contribution in [1.29, 1.82) is 0 Å². The number of phenols is 1. The van der Waals surface area contributed by atoms with E-state index in [0.717, 1.165) is 54.5 Å². The van der Waals surface area contributed by atoms with Gasteiger partial charge in [0.15, 0.2) is 5.01 Å². The number of aromatic hydroxyl groups is 1. The summed E-state index contributed by atoms with van der Waals surface area (Å²) in [7, 11) is 0. The number of carboxylic acids is 1. The quantitative estimate of drug-likeness (QED) is 0.150. The summed E-state index contributed by atoms with van der Waals surface area (Å²) in [6, 6.07) is 16.1. The molecule has 2 N–H and O–H groups in total. The third kappa shape index (κ3) is 7.30. The molecule has 0 unspecified atom stereocenters. The van der Waals surface area contributed by atoms with Crippen molar-refractivity contribution < 1.29 is 29.2 Å². The highest BCUT2D eigenvalue weighted by Gasteiger charge is 2.15. The molecule has 1 aromatic heterocycles. The Labute approximate surface area is 238 Å². The minimum atomic E-state index is -1.02. The van der Waals surface area contributed by atoms with Crippen LogP contribution >= 0.6 is 11.3 Å². The van der Waals surface area contributed by atoms with Crippen molar-refractivity contribution in [2.24, 2.45) is 0 Å². The number of carbonyl (C=O) groups is 1. The van der Waals surface area contributed by atoms with Crippen LogP contribution in [0.3, 0.4) is 0 Å². The average Bonchev–Trinajstić information content (AvgIpc) is 3.50. The Morgan fingerprint density at radius 1 is 0.900 bits per heavy atom. The molecular formula is C31H34N2O6S. The van der Waals surface area contributed by atoms with Crippen LogP contribution in [0, 0.1) is 0 Å². The molecule has 4 rings (SSSR count). The molecule has 40 heavy (non-hydrogen) atoms. The fraction of sp³-hybridized carbons (Fsp3) is 0.323. The number of nitrogens with zero attached hydrogens (tertiary/aromatic N) is 2. The first-order valence-electron chi connectivity index (χ1n) is 13.5. The van der Waals surface area contributed by atoms with Crippen LogP contribution in [0.4, 0.5) is 0 Å². The molecule has 9 heteroatoms. The maximum absolute atomic E-state index is 11.5. The average molecular weight is 563 g/mol. The van der Waals surface area contributed by atoms with E-state index in [1.807, 2.05) is 24.3 Å². The minimum Gasteiger partial charge on any atom is -0.507 e. The predicted octanol–water partition coefficient (Wildman–Crippen LogP) is 6.94. The number of aryl methyl sites for hydroxylation is 1. The van der Waals surface area contributed by atoms with Gasteiger partial charge in [0.05, 0.1) is 18.8 Å². The summed E-state index contributed by atoms with van der Waals surface area (Å²) in [5.74, 6) is 0.958. The van der Waals surface area contributed by atoms with E-state index in [1.54, 1.807) is 29.8 Å². The van der Waals surface area contributed by atoms with E-state index >= 15 is 0 Å². The van der Waals surface area contributed by atoms with Crippen LogP contribution in [0.2, 0.25) is 0 Å². The maximum Gasteiger partial charge on any atom is 0.339 e. The van der Waals surface area contributed by atoms with Gasteiger partial charge in [-0.1, -0.05) is 55.9 Å². The van der Waals surface area contributed by atoms with Crippen molar-refractivity contribution in [2.45, 2.75) is 52.6 Å². The van der Waals surface area contributed by atoms with Crippen LogP contribution in [0.5, 0.6) is 23.0 Å². The number of aromatic carboxylic acids is 1. The monoisotopic (exact) mass is 562 g/mol. The number of unbranched alkanes of at least 4 members (excludes halogenated alkanes) is 1. The Kier molecular flexibility index (Phi) is 10.3. The first-order valence-corrected chi connectivity index (χ1v) is 14.3. The maximum atomic E-state index is 11.5. The highest BCUT2D eigenvalue weighted by molar-refractivity contribution is 7.12. The van der Waals surface area contributed by atoms with Gasteiger partial charge >= 0.3 is 5.97 Å². The number of para-hydroxylation sites is 1. The van der Waals surface area contributed by atoms with Crippen molar-refractivity contribution in [2.75, 3.05) is 13.2 Å². The summed E-state index contributed by atoms with van der Waals surface area (Å²) < 4.78 is 18.1. The van der Waals surface area contributed by atoms with Crippen molar-refractivity contribution in [3.63, 3.8) is 0 Å². The van der Waals surface area contributed by atoms with Gasteiger partial charge in [-0.3, -0.25) is 0 Å². The third-order valence-electron chi connectivity index (χ3n) is 6.43. The zero-order valence-corrected chi connectivity index (χ0v) is 23.6. The number of ether oxygens (including phenoxy) is 3. The predicted molar refractivity (Wildman–Crippen MR) is 155 cm³/mol. The van der Waals surface area contributed by atoms with Crippen molar-refractivity contribution >= 4 is 17.3 Å². The van der Waals surface area contributed by atoms with Gasteiger partial charge in [-0.05, 0) is 61.1 Å². The number of hydrogen-bond acceptors (Lipinski definition) is 8. The molecule has 0 radical (unpaired) electrons. The van der Waals surface area contributed by atoms with Crippen LogP contribution < -0.4 is 14.2 Å². The van der Waals surface area contributed by atoms with E-state index in [9.17, 15) is 15.0 Å². The summed E-state index contributed by atoms with van der Waals surface area (Å²) in [6.45, 7) is 5.46.